The van der Waals surface area contributed by atoms with Gasteiger partial charge in [-0.3, -0.25) is 9.80 Å². The molecule has 6 heteroatoms. The quantitative estimate of drug-likeness (QED) is 0.498. The van der Waals surface area contributed by atoms with Gasteiger partial charge in [-0.1, -0.05) is 0 Å². The first-order valence-corrected chi connectivity index (χ1v) is 7.87. The molecular weight excluding hydrogens is 258 g/mol. The second-order valence-corrected chi connectivity index (χ2v) is 6.55. The number of rotatable bonds is 2. The van der Waals surface area contributed by atoms with Crippen LogP contribution in [0.15, 0.2) is 0 Å². The van der Waals surface area contributed by atoms with Gasteiger partial charge in [0.25, 0.3) is 0 Å². The van der Waals surface area contributed by atoms with Crippen molar-refractivity contribution >= 4 is 0 Å². The number of aliphatic hydroxyl groups is 3. The van der Waals surface area contributed by atoms with Crippen LogP contribution in [-0.4, -0.2) is 88.4 Å². The molecule has 0 aromatic carbocycles. The molecule has 0 aromatic rings. The van der Waals surface area contributed by atoms with Crippen LogP contribution in [-0.2, 0) is 0 Å². The van der Waals surface area contributed by atoms with Crippen LogP contribution < -0.4 is 5.32 Å². The highest BCUT2D eigenvalue weighted by Crippen LogP contribution is 2.27. The number of β-amino-alcohol motifs (C(OH)–C–C–N with tert-alkyl or cyclic N) is 2. The Bertz CT molecular complexity index is 328. The predicted octanol–water partition coefficient (Wildman–Crippen LogP) is -1.44. The summed E-state index contributed by atoms with van der Waals surface area (Å²) in [6.07, 6.45) is 2.65. The van der Waals surface area contributed by atoms with E-state index >= 15 is 0 Å². The van der Waals surface area contributed by atoms with E-state index in [-0.39, 0.29) is 12.1 Å². The average molecular weight is 285 g/mol. The summed E-state index contributed by atoms with van der Waals surface area (Å²) in [7, 11) is 0. The fourth-order valence-electron chi connectivity index (χ4n) is 3.88. The molecular formula is C14H27N3O3. The van der Waals surface area contributed by atoms with Crippen molar-refractivity contribution in [2.45, 2.75) is 49.7 Å². The van der Waals surface area contributed by atoms with Crippen molar-refractivity contribution in [1.82, 2.24) is 15.1 Å². The van der Waals surface area contributed by atoms with E-state index in [4.69, 9.17) is 0 Å². The van der Waals surface area contributed by atoms with Gasteiger partial charge < -0.3 is 20.6 Å². The number of nitrogens with one attached hydrogen (secondary N) is 1. The van der Waals surface area contributed by atoms with E-state index in [1.807, 2.05) is 4.90 Å². The minimum absolute atomic E-state index is 0.172. The van der Waals surface area contributed by atoms with Crippen molar-refractivity contribution < 1.29 is 15.3 Å². The molecule has 6 nitrogen and oxygen atoms in total. The summed E-state index contributed by atoms with van der Waals surface area (Å²) in [5.74, 6) is 0. The highest BCUT2D eigenvalue weighted by atomic mass is 16.3. The van der Waals surface area contributed by atoms with Gasteiger partial charge in [-0.05, 0) is 25.8 Å². The lowest BCUT2D eigenvalue weighted by molar-refractivity contribution is -0.137. The molecule has 3 heterocycles. The Labute approximate surface area is 120 Å². The minimum atomic E-state index is -0.774. The first kappa shape index (κ1) is 14.7. The first-order valence-electron chi connectivity index (χ1n) is 7.87. The predicted molar refractivity (Wildman–Crippen MR) is 75.2 cm³/mol. The fourth-order valence-corrected chi connectivity index (χ4v) is 3.88. The Balaban J connectivity index is 1.57. The summed E-state index contributed by atoms with van der Waals surface area (Å²) in [6.45, 7) is 4.56. The standard InChI is InChI=1S/C14H27N3O3/c18-11-1-6-16(7-2-11)12-3-8-17(9-13(12)19)14(20)4-5-15-10-14/h11-13,15,18-20H,1-10H2. The Morgan fingerprint density at radius 3 is 2.40 bits per heavy atom. The Kier molecular flexibility index (Phi) is 4.31. The highest BCUT2D eigenvalue weighted by Gasteiger charge is 2.43. The van der Waals surface area contributed by atoms with Crippen molar-refractivity contribution in [3.63, 3.8) is 0 Å². The molecule has 0 aliphatic carbocycles. The van der Waals surface area contributed by atoms with Gasteiger partial charge in [-0.2, -0.15) is 0 Å². The fraction of sp³-hybridized carbons (Fsp3) is 1.00. The van der Waals surface area contributed by atoms with Crippen molar-refractivity contribution in [3.8, 4) is 0 Å². The van der Waals surface area contributed by atoms with Crippen molar-refractivity contribution in [2.75, 3.05) is 39.3 Å². The largest absolute Gasteiger partial charge is 0.393 e. The SMILES string of the molecule is OC1CCN(C2CCN(C3(O)CCNC3)CC2O)CC1. The van der Waals surface area contributed by atoms with Gasteiger partial charge in [-0.25, -0.2) is 0 Å². The normalized spacial score (nSPS) is 42.1. The summed E-state index contributed by atoms with van der Waals surface area (Å²) in [6, 6.07) is 0.178. The molecule has 3 saturated heterocycles. The summed E-state index contributed by atoms with van der Waals surface area (Å²) in [5, 5.41) is 33.8. The average Bonchev–Trinajstić information content (AvgIpc) is 2.88. The Hall–Kier alpha value is -0.240. The molecule has 0 radical (unpaired) electrons. The maximum atomic E-state index is 10.6. The van der Waals surface area contributed by atoms with Crippen LogP contribution in [0.4, 0.5) is 0 Å². The minimum Gasteiger partial charge on any atom is -0.393 e. The molecule has 3 aliphatic rings. The summed E-state index contributed by atoms with van der Waals surface area (Å²) in [4.78, 5) is 4.35. The molecule has 3 fully saturated rings. The monoisotopic (exact) mass is 285 g/mol. The van der Waals surface area contributed by atoms with E-state index in [1.54, 1.807) is 0 Å². The first-order chi connectivity index (χ1) is 9.58. The van der Waals surface area contributed by atoms with Crippen LogP contribution in [0.25, 0.3) is 0 Å². The lowest BCUT2D eigenvalue weighted by atomic mass is 9.94. The van der Waals surface area contributed by atoms with Crippen LogP contribution in [0.2, 0.25) is 0 Å². The summed E-state index contributed by atoms with van der Waals surface area (Å²) >= 11 is 0. The van der Waals surface area contributed by atoms with Crippen LogP contribution in [0.3, 0.4) is 0 Å². The molecule has 0 bridgehead atoms. The third-order valence-corrected chi connectivity index (χ3v) is 5.21. The van der Waals surface area contributed by atoms with Gasteiger partial charge >= 0.3 is 0 Å². The van der Waals surface area contributed by atoms with Gasteiger partial charge in [0, 0.05) is 45.2 Å². The topological polar surface area (TPSA) is 79.2 Å². The van der Waals surface area contributed by atoms with Gasteiger partial charge in [0.15, 0.2) is 0 Å². The summed E-state index contributed by atoms with van der Waals surface area (Å²) in [5.41, 5.74) is -0.774. The molecule has 3 rings (SSSR count). The van der Waals surface area contributed by atoms with Gasteiger partial charge in [0.1, 0.15) is 5.72 Å². The van der Waals surface area contributed by atoms with Crippen LogP contribution in [0.1, 0.15) is 25.7 Å². The molecule has 3 atom stereocenters. The second kappa shape index (κ2) is 5.87. The molecule has 3 unspecified atom stereocenters. The molecule has 0 aromatic heterocycles. The Morgan fingerprint density at radius 1 is 1.05 bits per heavy atom. The van der Waals surface area contributed by atoms with Crippen molar-refractivity contribution in [1.29, 1.82) is 0 Å². The molecule has 116 valence electrons. The van der Waals surface area contributed by atoms with E-state index in [1.165, 1.54) is 0 Å². The van der Waals surface area contributed by atoms with Gasteiger partial charge in [0.05, 0.1) is 12.2 Å². The van der Waals surface area contributed by atoms with Crippen LogP contribution in [0.5, 0.6) is 0 Å². The molecule has 3 aliphatic heterocycles. The maximum absolute atomic E-state index is 10.6. The zero-order chi connectivity index (χ0) is 14.2. The van der Waals surface area contributed by atoms with Gasteiger partial charge in [-0.15, -0.1) is 0 Å². The Morgan fingerprint density at radius 2 is 1.80 bits per heavy atom. The van der Waals surface area contributed by atoms with E-state index in [0.29, 0.717) is 13.1 Å². The smallest absolute Gasteiger partial charge is 0.132 e. The van der Waals surface area contributed by atoms with Crippen LogP contribution >= 0.6 is 0 Å². The number of hydrogen-bond acceptors (Lipinski definition) is 6. The molecule has 0 saturated carbocycles. The van der Waals surface area contributed by atoms with E-state index in [9.17, 15) is 15.3 Å². The zero-order valence-electron chi connectivity index (χ0n) is 12.0. The van der Waals surface area contributed by atoms with Crippen molar-refractivity contribution in [2.24, 2.45) is 0 Å². The molecule has 0 amide bonds. The second-order valence-electron chi connectivity index (χ2n) is 6.55. The van der Waals surface area contributed by atoms with E-state index in [2.05, 4.69) is 10.2 Å². The van der Waals surface area contributed by atoms with Crippen molar-refractivity contribution in [3.05, 3.63) is 0 Å². The van der Waals surface area contributed by atoms with E-state index in [0.717, 1.165) is 51.9 Å². The zero-order valence-corrected chi connectivity index (χ0v) is 12.0. The molecule has 0 spiro atoms. The number of piperidine rings is 2. The number of hydrogen-bond donors (Lipinski definition) is 4. The molecule has 4 N–H and O–H groups in total. The molecule has 20 heavy (non-hydrogen) atoms. The number of likely N-dealkylation sites (tertiary alicyclic amines) is 2. The number of nitrogens with zero attached hydrogens (tertiary/aromatic N) is 2. The lowest BCUT2D eigenvalue weighted by Gasteiger charge is -2.47. The highest BCUT2D eigenvalue weighted by molar-refractivity contribution is 4.96. The van der Waals surface area contributed by atoms with E-state index < -0.39 is 11.8 Å². The maximum Gasteiger partial charge on any atom is 0.132 e. The lowest BCUT2D eigenvalue weighted by Crippen LogP contribution is -2.62. The number of aliphatic hydroxyl groups excluding tert-OH is 2. The van der Waals surface area contributed by atoms with Crippen LogP contribution in [0, 0.1) is 0 Å². The third kappa shape index (κ3) is 2.86. The third-order valence-electron chi connectivity index (χ3n) is 5.21. The summed E-state index contributed by atoms with van der Waals surface area (Å²) < 4.78 is 0. The van der Waals surface area contributed by atoms with Gasteiger partial charge in [0.2, 0.25) is 0 Å².